The highest BCUT2D eigenvalue weighted by Gasteiger charge is 2.32. The molecule has 1 fully saturated rings. The topological polar surface area (TPSA) is 89.7 Å². The number of H-pyrrole nitrogens is 1. The number of hydrogen-bond donors (Lipinski definition) is 2. The van der Waals surface area contributed by atoms with Crippen molar-refractivity contribution < 1.29 is 9.18 Å². The quantitative estimate of drug-likeness (QED) is 0.854. The number of nitrogens with one attached hydrogen (secondary N) is 2. The molecule has 24 heavy (non-hydrogen) atoms. The Bertz CT molecular complexity index is 761. The Morgan fingerprint density at radius 3 is 3.12 bits per heavy atom. The zero-order valence-electron chi connectivity index (χ0n) is 13.4. The number of halogens is 1. The van der Waals surface area contributed by atoms with Gasteiger partial charge in [-0.3, -0.25) is 14.4 Å². The zero-order valence-corrected chi connectivity index (χ0v) is 13.4. The smallest absolute Gasteiger partial charge is 0.252 e. The standard InChI is InChI=1S/C16H19FN6O/c1-22-14(2-3-21-22)10-23-9-12(17)5-15(23)8-20-16(24)11-4-13(6-18)19-7-11/h2-4,7,12,15,19H,5,8-10H2,1H3,(H,20,24)/t12-,15-/m0/s1. The monoisotopic (exact) mass is 330 g/mol. The first-order valence-corrected chi connectivity index (χ1v) is 7.78. The molecule has 0 radical (unpaired) electrons. The van der Waals surface area contributed by atoms with E-state index in [-0.39, 0.29) is 11.9 Å². The molecule has 0 aliphatic carbocycles. The molecule has 0 saturated carbocycles. The fraction of sp³-hybridized carbons (Fsp3) is 0.438. The maximum Gasteiger partial charge on any atom is 0.252 e. The van der Waals surface area contributed by atoms with Gasteiger partial charge in [0.2, 0.25) is 0 Å². The molecule has 7 nitrogen and oxygen atoms in total. The van der Waals surface area contributed by atoms with Gasteiger partial charge in [0, 0.05) is 45.1 Å². The van der Waals surface area contributed by atoms with Gasteiger partial charge in [0.1, 0.15) is 17.9 Å². The van der Waals surface area contributed by atoms with Crippen LogP contribution in [-0.4, -0.2) is 50.9 Å². The van der Waals surface area contributed by atoms with Crippen molar-refractivity contribution in [3.63, 3.8) is 0 Å². The number of rotatable bonds is 5. The van der Waals surface area contributed by atoms with Gasteiger partial charge in [0.15, 0.2) is 0 Å². The van der Waals surface area contributed by atoms with Crippen LogP contribution < -0.4 is 5.32 Å². The Balaban J connectivity index is 1.59. The second-order valence-electron chi connectivity index (χ2n) is 5.99. The van der Waals surface area contributed by atoms with E-state index in [9.17, 15) is 9.18 Å². The highest BCUT2D eigenvalue weighted by atomic mass is 19.1. The van der Waals surface area contributed by atoms with Gasteiger partial charge in [-0.15, -0.1) is 0 Å². The van der Waals surface area contributed by atoms with Gasteiger partial charge >= 0.3 is 0 Å². The first-order valence-electron chi connectivity index (χ1n) is 7.78. The number of aromatic nitrogens is 3. The summed E-state index contributed by atoms with van der Waals surface area (Å²) in [7, 11) is 1.85. The van der Waals surface area contributed by atoms with Gasteiger partial charge in [-0.1, -0.05) is 0 Å². The first-order chi connectivity index (χ1) is 11.6. The van der Waals surface area contributed by atoms with Gasteiger partial charge in [-0.05, 0) is 18.6 Å². The zero-order chi connectivity index (χ0) is 17.1. The molecule has 1 aliphatic rings. The summed E-state index contributed by atoms with van der Waals surface area (Å²) in [5.74, 6) is -0.268. The van der Waals surface area contributed by atoms with Crippen molar-refractivity contribution in [2.45, 2.75) is 25.2 Å². The molecule has 2 aromatic heterocycles. The van der Waals surface area contributed by atoms with Crippen LogP contribution in [0, 0.1) is 11.3 Å². The van der Waals surface area contributed by atoms with Crippen LogP contribution in [0.5, 0.6) is 0 Å². The molecular weight excluding hydrogens is 311 g/mol. The average Bonchev–Trinajstić information content (AvgIpc) is 3.27. The molecule has 126 valence electrons. The number of carbonyl (C=O) groups is 1. The summed E-state index contributed by atoms with van der Waals surface area (Å²) in [4.78, 5) is 16.9. The van der Waals surface area contributed by atoms with E-state index in [0.29, 0.717) is 37.3 Å². The van der Waals surface area contributed by atoms with Crippen molar-refractivity contribution >= 4 is 5.91 Å². The Hall–Kier alpha value is -2.66. The normalized spacial score (nSPS) is 20.9. The molecule has 3 rings (SSSR count). The van der Waals surface area contributed by atoms with Crippen LogP contribution in [0.1, 0.15) is 28.2 Å². The van der Waals surface area contributed by atoms with E-state index in [1.807, 2.05) is 24.1 Å². The highest BCUT2D eigenvalue weighted by molar-refractivity contribution is 5.94. The largest absolute Gasteiger partial charge is 0.352 e. The van der Waals surface area contributed by atoms with Crippen LogP contribution in [0.25, 0.3) is 0 Å². The molecule has 8 heteroatoms. The number of hydrogen-bond acceptors (Lipinski definition) is 4. The fourth-order valence-electron chi connectivity index (χ4n) is 3.00. The number of nitrogens with zero attached hydrogens (tertiary/aromatic N) is 4. The van der Waals surface area contributed by atoms with Gasteiger partial charge in [0.05, 0.1) is 11.3 Å². The molecule has 0 bridgehead atoms. The Morgan fingerprint density at radius 2 is 2.46 bits per heavy atom. The molecule has 2 atom stereocenters. The van der Waals surface area contributed by atoms with E-state index in [4.69, 9.17) is 5.26 Å². The van der Waals surface area contributed by atoms with E-state index in [2.05, 4.69) is 15.4 Å². The number of amides is 1. The molecule has 0 unspecified atom stereocenters. The van der Waals surface area contributed by atoms with Crippen molar-refractivity contribution in [3.05, 3.63) is 41.5 Å². The molecular formula is C16H19FN6O. The molecule has 1 saturated heterocycles. The van der Waals surface area contributed by atoms with Crippen LogP contribution >= 0.6 is 0 Å². The Labute approximate surface area is 139 Å². The summed E-state index contributed by atoms with van der Waals surface area (Å²) >= 11 is 0. The molecule has 2 aromatic rings. The molecule has 3 heterocycles. The predicted molar refractivity (Wildman–Crippen MR) is 84.8 cm³/mol. The summed E-state index contributed by atoms with van der Waals surface area (Å²) in [5.41, 5.74) is 1.74. The third kappa shape index (κ3) is 3.46. The van der Waals surface area contributed by atoms with Crippen LogP contribution in [0.3, 0.4) is 0 Å². The Morgan fingerprint density at radius 1 is 1.62 bits per heavy atom. The minimum atomic E-state index is -0.891. The second kappa shape index (κ2) is 6.84. The molecule has 1 amide bonds. The van der Waals surface area contributed by atoms with Gasteiger partial charge in [-0.2, -0.15) is 10.4 Å². The third-order valence-corrected chi connectivity index (χ3v) is 4.33. The molecule has 1 aliphatic heterocycles. The summed E-state index contributed by atoms with van der Waals surface area (Å²) < 4.78 is 15.6. The van der Waals surface area contributed by atoms with Crippen molar-refractivity contribution in [3.8, 4) is 6.07 Å². The Kier molecular flexibility index (Phi) is 4.62. The minimum Gasteiger partial charge on any atom is -0.352 e. The number of carbonyl (C=O) groups excluding carboxylic acids is 1. The highest BCUT2D eigenvalue weighted by Crippen LogP contribution is 2.22. The van der Waals surface area contributed by atoms with E-state index in [0.717, 1.165) is 5.69 Å². The summed E-state index contributed by atoms with van der Waals surface area (Å²) in [6.07, 6.45) is 2.72. The van der Waals surface area contributed by atoms with E-state index >= 15 is 0 Å². The van der Waals surface area contributed by atoms with Gasteiger partial charge in [0.25, 0.3) is 5.91 Å². The summed E-state index contributed by atoms with van der Waals surface area (Å²) in [5, 5.41) is 15.7. The minimum absolute atomic E-state index is 0.0618. The lowest BCUT2D eigenvalue weighted by Gasteiger charge is -2.24. The van der Waals surface area contributed by atoms with E-state index in [1.165, 1.54) is 12.3 Å². The SMILES string of the molecule is Cn1nccc1CN1C[C@@H](F)C[C@H]1CNC(=O)c1c[nH]c(C#N)c1. The van der Waals surface area contributed by atoms with Crippen LogP contribution in [-0.2, 0) is 13.6 Å². The maximum atomic E-state index is 13.8. The van der Waals surface area contributed by atoms with Gasteiger partial charge in [-0.25, -0.2) is 4.39 Å². The van der Waals surface area contributed by atoms with Crippen LogP contribution in [0.2, 0.25) is 0 Å². The van der Waals surface area contributed by atoms with Crippen molar-refractivity contribution in [1.29, 1.82) is 5.26 Å². The second-order valence-corrected chi connectivity index (χ2v) is 5.99. The maximum absolute atomic E-state index is 13.8. The third-order valence-electron chi connectivity index (χ3n) is 4.33. The van der Waals surface area contributed by atoms with Crippen molar-refractivity contribution in [1.82, 2.24) is 25.0 Å². The van der Waals surface area contributed by atoms with Crippen LogP contribution in [0.15, 0.2) is 24.5 Å². The van der Waals surface area contributed by atoms with Crippen molar-refractivity contribution in [2.75, 3.05) is 13.1 Å². The number of alkyl halides is 1. The fourth-order valence-corrected chi connectivity index (χ4v) is 3.00. The predicted octanol–water partition coefficient (Wildman–Crippen LogP) is 0.962. The van der Waals surface area contributed by atoms with Crippen molar-refractivity contribution in [2.24, 2.45) is 7.05 Å². The van der Waals surface area contributed by atoms with E-state index in [1.54, 1.807) is 10.9 Å². The first kappa shape index (κ1) is 16.2. The van der Waals surface area contributed by atoms with E-state index < -0.39 is 6.17 Å². The molecule has 0 spiro atoms. The van der Waals surface area contributed by atoms with Crippen LogP contribution in [0.4, 0.5) is 4.39 Å². The number of nitriles is 1. The summed E-state index contributed by atoms with van der Waals surface area (Å²) in [6.45, 7) is 1.32. The number of aryl methyl sites for hydroxylation is 1. The lowest BCUT2D eigenvalue weighted by Crippen LogP contribution is -2.40. The lowest BCUT2D eigenvalue weighted by atomic mass is 10.2. The lowest BCUT2D eigenvalue weighted by molar-refractivity contribution is 0.0939. The molecule has 2 N–H and O–H groups in total. The average molecular weight is 330 g/mol. The number of likely N-dealkylation sites (tertiary alicyclic amines) is 1. The number of aromatic amines is 1. The summed E-state index contributed by atoms with van der Waals surface area (Å²) in [6, 6.07) is 5.28. The molecule has 0 aromatic carbocycles. The van der Waals surface area contributed by atoms with Gasteiger partial charge < -0.3 is 10.3 Å².